The highest BCUT2D eigenvalue weighted by Crippen LogP contribution is 2.22. The molecule has 38 heavy (non-hydrogen) atoms. The standard InChI is InChI=1S/C25H38N4O7S2/c1-13(2)21(29-23(33)19(11-37)26-12-30)24(34)28-18(10-16-8-15(4)20(31)9-14(16)3)22(32)27-17(25(35)36)6-7-38-5/h8-9,12-13,17-19,21,31,37H,6-7,10-11H2,1-5H3,(H,26,30)(H,27,32)(H,28,34)(H,29,33)(H,35,36)/t17-,18-,19-,21-/m0/s1. The summed E-state index contributed by atoms with van der Waals surface area (Å²) in [5.74, 6) is -2.93. The number of carbonyl (C=O) groups excluding carboxylic acids is 4. The van der Waals surface area contributed by atoms with Gasteiger partial charge in [-0.15, -0.1) is 0 Å². The zero-order valence-electron chi connectivity index (χ0n) is 22.2. The first kappa shape index (κ1) is 33.1. The van der Waals surface area contributed by atoms with Gasteiger partial charge in [0.1, 0.15) is 29.9 Å². The van der Waals surface area contributed by atoms with Crippen LogP contribution in [0.1, 0.15) is 37.0 Å². The van der Waals surface area contributed by atoms with Crippen LogP contribution in [0, 0.1) is 19.8 Å². The highest BCUT2D eigenvalue weighted by Gasteiger charge is 2.32. The highest BCUT2D eigenvalue weighted by molar-refractivity contribution is 7.98. The van der Waals surface area contributed by atoms with Crippen molar-refractivity contribution in [2.75, 3.05) is 17.8 Å². The number of carboxylic acids is 1. The number of thiol groups is 1. The third-order valence-electron chi connectivity index (χ3n) is 5.95. The molecule has 4 amide bonds. The van der Waals surface area contributed by atoms with Crippen LogP contribution < -0.4 is 21.3 Å². The average Bonchev–Trinajstić information content (AvgIpc) is 2.85. The van der Waals surface area contributed by atoms with E-state index in [4.69, 9.17) is 0 Å². The second-order valence-corrected chi connectivity index (χ2v) is 10.6. The smallest absolute Gasteiger partial charge is 0.326 e. The Balaban J connectivity index is 3.27. The Kier molecular flexibility index (Phi) is 14.0. The molecular weight excluding hydrogens is 532 g/mol. The Bertz CT molecular complexity index is 1010. The lowest BCUT2D eigenvalue weighted by molar-refractivity contribution is -0.142. The molecule has 11 nitrogen and oxygen atoms in total. The molecule has 0 aliphatic carbocycles. The van der Waals surface area contributed by atoms with E-state index in [-0.39, 0.29) is 30.3 Å². The molecule has 0 radical (unpaired) electrons. The molecule has 0 aliphatic rings. The molecule has 0 unspecified atom stereocenters. The predicted octanol–water partition coefficient (Wildman–Crippen LogP) is 0.544. The average molecular weight is 571 g/mol. The predicted molar refractivity (Wildman–Crippen MR) is 149 cm³/mol. The van der Waals surface area contributed by atoms with E-state index in [1.807, 2.05) is 6.26 Å². The van der Waals surface area contributed by atoms with Crippen molar-refractivity contribution >= 4 is 54.5 Å². The van der Waals surface area contributed by atoms with E-state index in [1.165, 1.54) is 11.8 Å². The number of benzene rings is 1. The number of phenolic OH excluding ortho intramolecular Hbond substituents is 1. The number of rotatable bonds is 16. The van der Waals surface area contributed by atoms with Gasteiger partial charge in [-0.2, -0.15) is 24.4 Å². The minimum atomic E-state index is -1.19. The monoisotopic (exact) mass is 570 g/mol. The maximum atomic E-state index is 13.3. The summed E-state index contributed by atoms with van der Waals surface area (Å²) in [6, 6.07) is -1.09. The quantitative estimate of drug-likeness (QED) is 0.111. The summed E-state index contributed by atoms with van der Waals surface area (Å²) in [6.07, 6.45) is 2.40. The van der Waals surface area contributed by atoms with Crippen molar-refractivity contribution < 1.29 is 34.2 Å². The zero-order valence-corrected chi connectivity index (χ0v) is 23.9. The zero-order chi connectivity index (χ0) is 29.0. The number of hydrogen-bond donors (Lipinski definition) is 7. The van der Waals surface area contributed by atoms with Gasteiger partial charge in [-0.3, -0.25) is 19.2 Å². The maximum Gasteiger partial charge on any atom is 0.326 e. The maximum absolute atomic E-state index is 13.3. The first-order chi connectivity index (χ1) is 17.9. The molecular formula is C25H38N4O7S2. The van der Waals surface area contributed by atoms with Gasteiger partial charge < -0.3 is 31.5 Å². The van der Waals surface area contributed by atoms with Gasteiger partial charge in [0.25, 0.3) is 0 Å². The number of aromatic hydroxyl groups is 1. The van der Waals surface area contributed by atoms with Gasteiger partial charge in [0.2, 0.25) is 24.1 Å². The van der Waals surface area contributed by atoms with Crippen LogP contribution in [0.25, 0.3) is 0 Å². The fourth-order valence-corrected chi connectivity index (χ4v) is 4.36. The molecule has 0 fully saturated rings. The molecule has 0 saturated heterocycles. The number of thioether (sulfide) groups is 1. The number of carboxylic acid groups (broad SMARTS) is 1. The van der Waals surface area contributed by atoms with Crippen LogP contribution in [0.3, 0.4) is 0 Å². The lowest BCUT2D eigenvalue weighted by Crippen LogP contribution is -2.59. The van der Waals surface area contributed by atoms with Crippen molar-refractivity contribution in [2.45, 2.75) is 64.7 Å². The van der Waals surface area contributed by atoms with Crippen molar-refractivity contribution in [3.05, 3.63) is 28.8 Å². The first-order valence-corrected chi connectivity index (χ1v) is 14.1. The molecule has 0 aliphatic heterocycles. The number of hydrogen-bond acceptors (Lipinski definition) is 8. The number of amides is 4. The third-order valence-corrected chi connectivity index (χ3v) is 6.96. The van der Waals surface area contributed by atoms with Gasteiger partial charge in [-0.25, -0.2) is 4.79 Å². The fourth-order valence-electron chi connectivity index (χ4n) is 3.62. The van der Waals surface area contributed by atoms with Crippen LogP contribution in [-0.2, 0) is 30.4 Å². The largest absolute Gasteiger partial charge is 0.508 e. The summed E-state index contributed by atoms with van der Waals surface area (Å²) in [5.41, 5.74) is 1.93. The molecule has 0 aromatic heterocycles. The van der Waals surface area contributed by atoms with Gasteiger partial charge in [-0.1, -0.05) is 19.9 Å². The molecule has 0 spiro atoms. The molecule has 0 bridgehead atoms. The van der Waals surface area contributed by atoms with Gasteiger partial charge in [-0.05, 0) is 61.0 Å². The number of aliphatic carboxylic acids is 1. The summed E-state index contributed by atoms with van der Waals surface area (Å²) < 4.78 is 0. The summed E-state index contributed by atoms with van der Waals surface area (Å²) in [7, 11) is 0. The Morgan fingerprint density at radius 3 is 2.11 bits per heavy atom. The normalized spacial score (nSPS) is 14.1. The van der Waals surface area contributed by atoms with E-state index in [1.54, 1.807) is 39.8 Å². The lowest BCUT2D eigenvalue weighted by Gasteiger charge is -2.27. The summed E-state index contributed by atoms with van der Waals surface area (Å²) in [4.78, 5) is 61.7. The molecule has 212 valence electrons. The van der Waals surface area contributed by atoms with Crippen LogP contribution in [0.5, 0.6) is 5.75 Å². The molecule has 4 atom stereocenters. The molecule has 0 heterocycles. The van der Waals surface area contributed by atoms with Gasteiger partial charge in [0, 0.05) is 12.2 Å². The van der Waals surface area contributed by atoms with Crippen molar-refractivity contribution in [2.24, 2.45) is 5.92 Å². The highest BCUT2D eigenvalue weighted by atomic mass is 32.2. The lowest BCUT2D eigenvalue weighted by atomic mass is 9.96. The van der Waals surface area contributed by atoms with Crippen molar-refractivity contribution in [3.63, 3.8) is 0 Å². The molecule has 1 aromatic rings. The fraction of sp³-hybridized carbons (Fsp3) is 0.560. The second kappa shape index (κ2) is 16.1. The van der Waals surface area contributed by atoms with Crippen LogP contribution in [0.15, 0.2) is 12.1 Å². The molecule has 1 aromatic carbocycles. The van der Waals surface area contributed by atoms with Crippen molar-refractivity contribution in [3.8, 4) is 5.75 Å². The Labute approximate surface area is 232 Å². The summed E-state index contributed by atoms with van der Waals surface area (Å²) in [5, 5.41) is 29.7. The number of phenols is 1. The molecule has 13 heteroatoms. The van der Waals surface area contributed by atoms with E-state index in [0.29, 0.717) is 28.9 Å². The number of nitrogens with one attached hydrogen (secondary N) is 4. The summed E-state index contributed by atoms with van der Waals surface area (Å²) >= 11 is 5.49. The minimum absolute atomic E-state index is 0.00808. The topological polar surface area (TPSA) is 174 Å². The van der Waals surface area contributed by atoms with E-state index in [0.717, 1.165) is 0 Å². The first-order valence-electron chi connectivity index (χ1n) is 12.1. The Morgan fingerprint density at radius 2 is 1.58 bits per heavy atom. The van der Waals surface area contributed by atoms with E-state index >= 15 is 0 Å². The van der Waals surface area contributed by atoms with E-state index < -0.39 is 47.9 Å². The van der Waals surface area contributed by atoms with Crippen LogP contribution in [0.2, 0.25) is 0 Å². The Morgan fingerprint density at radius 1 is 0.974 bits per heavy atom. The van der Waals surface area contributed by atoms with Crippen LogP contribution >= 0.6 is 24.4 Å². The molecule has 1 rings (SSSR count). The second-order valence-electron chi connectivity index (χ2n) is 9.26. The van der Waals surface area contributed by atoms with Crippen molar-refractivity contribution in [1.82, 2.24) is 21.3 Å². The number of aryl methyl sites for hydroxylation is 2. The third kappa shape index (κ3) is 10.1. The van der Waals surface area contributed by atoms with Crippen LogP contribution in [-0.4, -0.2) is 82.2 Å². The van der Waals surface area contributed by atoms with Gasteiger partial charge in [0.05, 0.1) is 0 Å². The van der Waals surface area contributed by atoms with E-state index in [9.17, 15) is 34.2 Å². The van der Waals surface area contributed by atoms with Gasteiger partial charge >= 0.3 is 5.97 Å². The summed E-state index contributed by atoms with van der Waals surface area (Å²) in [6.45, 7) is 6.86. The van der Waals surface area contributed by atoms with Crippen molar-refractivity contribution in [1.29, 1.82) is 0 Å². The molecule has 6 N–H and O–H groups in total. The Hall–Kier alpha value is -2.93. The number of carbonyl (C=O) groups is 5. The minimum Gasteiger partial charge on any atom is -0.508 e. The van der Waals surface area contributed by atoms with Crippen LogP contribution in [0.4, 0.5) is 0 Å². The molecule has 0 saturated carbocycles. The van der Waals surface area contributed by atoms with E-state index in [2.05, 4.69) is 33.9 Å². The SMILES string of the molecule is CSCC[C@H](NC(=O)[C@H](Cc1cc(C)c(O)cc1C)NC(=O)[C@@H](NC(=O)[C@H](CS)NC=O)C(C)C)C(=O)O. The van der Waals surface area contributed by atoms with Gasteiger partial charge in [0.15, 0.2) is 0 Å².